The van der Waals surface area contributed by atoms with E-state index < -0.39 is 0 Å². The van der Waals surface area contributed by atoms with Crippen molar-refractivity contribution in [3.8, 4) is 0 Å². The van der Waals surface area contributed by atoms with Gasteiger partial charge in [0.15, 0.2) is 0 Å². The molecule has 0 bridgehead atoms. The zero-order valence-corrected chi connectivity index (χ0v) is 11.8. The normalized spacial score (nSPS) is 11.2. The predicted octanol–water partition coefficient (Wildman–Crippen LogP) is 4.38. The number of allylic oxidation sites excluding steroid dienone is 2. The van der Waals surface area contributed by atoms with Gasteiger partial charge in [-0.2, -0.15) is 0 Å². The lowest BCUT2D eigenvalue weighted by Crippen LogP contribution is -2.04. The molecule has 1 aromatic rings. The van der Waals surface area contributed by atoms with Crippen LogP contribution in [0.2, 0.25) is 0 Å². The third kappa shape index (κ3) is 5.12. The summed E-state index contributed by atoms with van der Waals surface area (Å²) in [6, 6.07) is 10.1. The van der Waals surface area contributed by atoms with Crippen LogP contribution in [-0.2, 0) is 9.53 Å². The standard InChI is InChI=1S/C17H22O2/c1-4-5-7-12-16(13-14(2)17(18)19-3)15-10-8-6-9-11-15/h6,8-12H,2,4-5,7,13H2,1,3H3/b16-12+. The molecule has 0 aliphatic rings. The highest BCUT2D eigenvalue weighted by atomic mass is 16.5. The molecular formula is C17H22O2. The Bertz CT molecular complexity index is 444. The maximum Gasteiger partial charge on any atom is 0.333 e. The van der Waals surface area contributed by atoms with Gasteiger partial charge in [0.1, 0.15) is 0 Å². The van der Waals surface area contributed by atoms with Crippen LogP contribution < -0.4 is 0 Å². The van der Waals surface area contributed by atoms with Gasteiger partial charge in [-0.3, -0.25) is 0 Å². The van der Waals surface area contributed by atoms with Crippen molar-refractivity contribution in [1.82, 2.24) is 0 Å². The third-order valence-electron chi connectivity index (χ3n) is 2.97. The summed E-state index contributed by atoms with van der Waals surface area (Å²) in [5.74, 6) is -0.336. The van der Waals surface area contributed by atoms with E-state index in [1.165, 1.54) is 7.11 Å². The minimum Gasteiger partial charge on any atom is -0.466 e. The van der Waals surface area contributed by atoms with E-state index in [2.05, 4.69) is 31.7 Å². The molecule has 2 heteroatoms. The molecule has 0 N–H and O–H groups in total. The highest BCUT2D eigenvalue weighted by molar-refractivity contribution is 5.90. The zero-order valence-electron chi connectivity index (χ0n) is 11.8. The van der Waals surface area contributed by atoms with Crippen LogP contribution in [0.5, 0.6) is 0 Å². The first-order chi connectivity index (χ1) is 9.19. The average molecular weight is 258 g/mol. The summed E-state index contributed by atoms with van der Waals surface area (Å²) in [4.78, 5) is 11.5. The Morgan fingerprint density at radius 1 is 1.32 bits per heavy atom. The quantitative estimate of drug-likeness (QED) is 0.412. The van der Waals surface area contributed by atoms with Gasteiger partial charge in [-0.15, -0.1) is 0 Å². The van der Waals surface area contributed by atoms with Crippen LogP contribution in [-0.4, -0.2) is 13.1 Å². The molecule has 0 heterocycles. The lowest BCUT2D eigenvalue weighted by atomic mass is 9.97. The molecule has 0 aliphatic carbocycles. The molecular weight excluding hydrogens is 236 g/mol. The summed E-state index contributed by atoms with van der Waals surface area (Å²) in [5.41, 5.74) is 2.78. The fourth-order valence-electron chi connectivity index (χ4n) is 1.87. The van der Waals surface area contributed by atoms with Crippen LogP contribution in [0.4, 0.5) is 0 Å². The number of rotatable bonds is 7. The molecule has 0 radical (unpaired) electrons. The number of benzene rings is 1. The van der Waals surface area contributed by atoms with Crippen molar-refractivity contribution in [3.63, 3.8) is 0 Å². The zero-order chi connectivity index (χ0) is 14.1. The second kappa shape index (κ2) is 8.30. The minimum absolute atomic E-state index is 0.336. The van der Waals surface area contributed by atoms with Crippen molar-refractivity contribution in [3.05, 3.63) is 54.1 Å². The van der Waals surface area contributed by atoms with E-state index >= 15 is 0 Å². The SMILES string of the molecule is C=C(C/C(=C\CCCC)c1ccccc1)C(=O)OC. The molecule has 0 atom stereocenters. The van der Waals surface area contributed by atoms with E-state index in [9.17, 15) is 4.79 Å². The summed E-state index contributed by atoms with van der Waals surface area (Å²) in [6.07, 6.45) is 6.08. The molecule has 19 heavy (non-hydrogen) atoms. The van der Waals surface area contributed by atoms with Crippen molar-refractivity contribution < 1.29 is 9.53 Å². The number of hydrogen-bond donors (Lipinski definition) is 0. The highest BCUT2D eigenvalue weighted by Gasteiger charge is 2.10. The predicted molar refractivity (Wildman–Crippen MR) is 79.7 cm³/mol. The number of esters is 1. The van der Waals surface area contributed by atoms with Crippen LogP contribution in [0, 0.1) is 0 Å². The summed E-state index contributed by atoms with van der Waals surface area (Å²) in [7, 11) is 1.39. The van der Waals surface area contributed by atoms with Crippen LogP contribution in [0.15, 0.2) is 48.6 Å². The van der Waals surface area contributed by atoms with Crippen molar-refractivity contribution in [2.24, 2.45) is 0 Å². The molecule has 0 aliphatic heterocycles. The summed E-state index contributed by atoms with van der Waals surface area (Å²) >= 11 is 0. The van der Waals surface area contributed by atoms with Crippen LogP contribution in [0.25, 0.3) is 5.57 Å². The van der Waals surface area contributed by atoms with E-state index in [1.54, 1.807) is 0 Å². The Morgan fingerprint density at radius 3 is 2.58 bits per heavy atom. The van der Waals surface area contributed by atoms with Crippen molar-refractivity contribution >= 4 is 11.5 Å². The number of hydrogen-bond acceptors (Lipinski definition) is 2. The van der Waals surface area contributed by atoms with E-state index in [0.717, 1.165) is 30.4 Å². The topological polar surface area (TPSA) is 26.3 Å². The minimum atomic E-state index is -0.336. The molecule has 0 saturated carbocycles. The molecule has 0 saturated heterocycles. The number of methoxy groups -OCH3 is 1. The Balaban J connectivity index is 2.84. The first kappa shape index (κ1) is 15.2. The van der Waals surface area contributed by atoms with E-state index in [0.29, 0.717) is 12.0 Å². The lowest BCUT2D eigenvalue weighted by Gasteiger charge is -2.09. The Kier molecular flexibility index (Phi) is 6.65. The number of carbonyl (C=O) groups excluding carboxylic acids is 1. The van der Waals surface area contributed by atoms with Gasteiger partial charge < -0.3 is 4.74 Å². The van der Waals surface area contributed by atoms with Gasteiger partial charge in [0.2, 0.25) is 0 Å². The van der Waals surface area contributed by atoms with Gasteiger partial charge in [0.25, 0.3) is 0 Å². The van der Waals surface area contributed by atoms with Gasteiger partial charge >= 0.3 is 5.97 Å². The van der Waals surface area contributed by atoms with E-state index in [1.807, 2.05) is 18.2 Å². The molecule has 0 spiro atoms. The molecule has 0 aromatic heterocycles. The fourth-order valence-corrected chi connectivity index (χ4v) is 1.87. The summed E-state index contributed by atoms with van der Waals surface area (Å²) in [5, 5.41) is 0. The molecule has 102 valence electrons. The van der Waals surface area contributed by atoms with E-state index in [4.69, 9.17) is 4.74 Å². The molecule has 0 unspecified atom stereocenters. The van der Waals surface area contributed by atoms with E-state index in [-0.39, 0.29) is 5.97 Å². The van der Waals surface area contributed by atoms with Crippen molar-refractivity contribution in [2.45, 2.75) is 32.6 Å². The Labute approximate surface area is 115 Å². The largest absolute Gasteiger partial charge is 0.466 e. The first-order valence-corrected chi connectivity index (χ1v) is 6.69. The summed E-state index contributed by atoms with van der Waals surface area (Å²) in [6.45, 7) is 5.97. The number of unbranched alkanes of at least 4 members (excludes halogenated alkanes) is 2. The smallest absolute Gasteiger partial charge is 0.333 e. The van der Waals surface area contributed by atoms with Gasteiger partial charge in [0.05, 0.1) is 7.11 Å². The second-order valence-corrected chi connectivity index (χ2v) is 4.51. The number of ether oxygens (including phenoxy) is 1. The maximum atomic E-state index is 11.5. The molecule has 0 amide bonds. The molecule has 1 rings (SSSR count). The van der Waals surface area contributed by atoms with Crippen molar-refractivity contribution in [2.75, 3.05) is 7.11 Å². The van der Waals surface area contributed by atoms with Crippen molar-refractivity contribution in [1.29, 1.82) is 0 Å². The van der Waals surface area contributed by atoms with Gasteiger partial charge in [-0.05, 0) is 17.6 Å². The average Bonchev–Trinajstić information content (AvgIpc) is 2.46. The highest BCUT2D eigenvalue weighted by Crippen LogP contribution is 2.23. The number of carbonyl (C=O) groups is 1. The molecule has 1 aromatic carbocycles. The van der Waals surface area contributed by atoms with Gasteiger partial charge in [-0.1, -0.05) is 62.8 Å². The third-order valence-corrected chi connectivity index (χ3v) is 2.97. The van der Waals surface area contributed by atoms with Crippen LogP contribution in [0.3, 0.4) is 0 Å². The Hall–Kier alpha value is -1.83. The van der Waals surface area contributed by atoms with Crippen LogP contribution in [0.1, 0.15) is 38.2 Å². The lowest BCUT2D eigenvalue weighted by molar-refractivity contribution is -0.136. The second-order valence-electron chi connectivity index (χ2n) is 4.51. The van der Waals surface area contributed by atoms with Crippen LogP contribution >= 0.6 is 0 Å². The first-order valence-electron chi connectivity index (χ1n) is 6.69. The van der Waals surface area contributed by atoms with Gasteiger partial charge in [-0.25, -0.2) is 4.79 Å². The molecule has 0 fully saturated rings. The fraction of sp³-hybridized carbons (Fsp3) is 0.353. The molecule has 2 nitrogen and oxygen atoms in total. The maximum absolute atomic E-state index is 11.5. The Morgan fingerprint density at radius 2 is 2.00 bits per heavy atom. The summed E-state index contributed by atoms with van der Waals surface area (Å²) < 4.78 is 4.71. The monoisotopic (exact) mass is 258 g/mol. The van der Waals surface area contributed by atoms with Gasteiger partial charge in [0, 0.05) is 12.0 Å².